The number of aliphatic hydroxyl groups excluding tert-OH is 1. The van der Waals surface area contributed by atoms with Gasteiger partial charge in [-0.25, -0.2) is 18.5 Å². The van der Waals surface area contributed by atoms with Gasteiger partial charge in [-0.05, 0) is 12.5 Å². The first-order chi connectivity index (χ1) is 18.5. The molecule has 2 aromatic rings. The molecule has 3 heterocycles. The Hall–Kier alpha value is -2.24. The molecule has 8 N–H and O–H groups in total. The van der Waals surface area contributed by atoms with E-state index in [9.17, 15) is 38.2 Å². The summed E-state index contributed by atoms with van der Waals surface area (Å²) in [6.07, 6.45) is 1.43. The van der Waals surface area contributed by atoms with Crippen LogP contribution in [0.5, 0.6) is 0 Å². The van der Waals surface area contributed by atoms with Crippen molar-refractivity contribution in [2.45, 2.75) is 44.6 Å². The van der Waals surface area contributed by atoms with Crippen molar-refractivity contribution in [2.24, 2.45) is 0 Å². The lowest BCUT2D eigenvalue weighted by Gasteiger charge is -2.19. The molecule has 1 aliphatic heterocycles. The summed E-state index contributed by atoms with van der Waals surface area (Å²) in [5, 5.41) is 10.4. The molecule has 22 heteroatoms. The van der Waals surface area contributed by atoms with Crippen molar-refractivity contribution in [2.75, 3.05) is 18.9 Å². The number of rotatable bonds is 13. The van der Waals surface area contributed by atoms with Gasteiger partial charge in [0, 0.05) is 24.3 Å². The molecule has 5 atom stereocenters. The van der Waals surface area contributed by atoms with E-state index in [4.69, 9.17) is 25.0 Å². The molecule has 0 radical (unpaired) electrons. The maximum absolute atomic E-state index is 12.6. The maximum atomic E-state index is 12.6. The van der Waals surface area contributed by atoms with E-state index in [0.717, 1.165) is 12.5 Å². The molecule has 2 aromatic heterocycles. The van der Waals surface area contributed by atoms with Crippen LogP contribution in [0.1, 0.15) is 38.0 Å². The third-order valence-electron chi connectivity index (χ3n) is 5.20. The van der Waals surface area contributed by atoms with Gasteiger partial charge in [-0.2, -0.15) is 13.6 Å². The molecule has 3 rings (SSSR count). The second-order valence-corrected chi connectivity index (χ2v) is 12.7. The highest BCUT2D eigenvalue weighted by Gasteiger charge is 2.43. The van der Waals surface area contributed by atoms with Crippen LogP contribution in [0.25, 0.3) is 17.1 Å². The zero-order valence-corrected chi connectivity index (χ0v) is 23.3. The molecule has 40 heavy (non-hydrogen) atoms. The number of aromatic nitrogens is 3. The number of carbonyl (C=O) groups excluding carboxylic acids is 1. The first-order valence-electron chi connectivity index (χ1n) is 11.4. The zero-order valence-electron chi connectivity index (χ0n) is 20.6. The Balaban J connectivity index is 1.78. The minimum Gasteiger partial charge on any atom is -0.463 e. The minimum atomic E-state index is -5.73. The van der Waals surface area contributed by atoms with Gasteiger partial charge in [0.1, 0.15) is 12.3 Å². The normalized spacial score (nSPS) is 22.9. The second-order valence-electron chi connectivity index (χ2n) is 8.31. The minimum absolute atomic E-state index is 0.0194. The standard InChI is InChI=1S/C18H27N4O15P3/c1-2-3-6-33-14(24)5-4-10-8-22(16-15(10)17(25)21-18(19)20-16)13-7-11(23)12(35-13)9-34-39(29,30)37-40(31,32)36-38(26,27)28/h4-5,8,11-13,23H,2-3,6-7,9H2,1H3,(H,29,30)(H,31,32)(H2,26,27,28)(H3,19,20,21,25)/b5-4+/t11-,12+,13+/m0/s1. The van der Waals surface area contributed by atoms with Crippen LogP contribution in [-0.2, 0) is 41.1 Å². The Morgan fingerprint density at radius 3 is 2.60 bits per heavy atom. The number of nitrogens with zero attached hydrogens (tertiary/aromatic N) is 2. The van der Waals surface area contributed by atoms with Crippen LogP contribution < -0.4 is 11.3 Å². The summed E-state index contributed by atoms with van der Waals surface area (Å²) in [5.74, 6) is -0.887. The van der Waals surface area contributed by atoms with Gasteiger partial charge >= 0.3 is 29.4 Å². The van der Waals surface area contributed by atoms with Gasteiger partial charge in [0.05, 0.1) is 24.7 Å². The third kappa shape index (κ3) is 8.88. The molecule has 0 spiro atoms. The van der Waals surface area contributed by atoms with Crippen molar-refractivity contribution in [3.05, 3.63) is 28.2 Å². The van der Waals surface area contributed by atoms with Crippen LogP contribution >= 0.6 is 23.5 Å². The number of nitrogen functional groups attached to an aromatic ring is 1. The predicted molar refractivity (Wildman–Crippen MR) is 134 cm³/mol. The summed E-state index contributed by atoms with van der Waals surface area (Å²) in [6.45, 7) is 1.25. The molecule has 0 saturated carbocycles. The fraction of sp³-hybridized carbons (Fsp3) is 0.500. The summed E-state index contributed by atoms with van der Waals surface area (Å²) in [6, 6.07) is 0. The molecule has 0 bridgehead atoms. The van der Waals surface area contributed by atoms with Crippen LogP contribution in [0.3, 0.4) is 0 Å². The monoisotopic (exact) mass is 632 g/mol. The Labute approximate surface area is 225 Å². The molecule has 1 saturated heterocycles. The number of nitrogens with two attached hydrogens (primary N) is 1. The fourth-order valence-electron chi connectivity index (χ4n) is 3.58. The summed E-state index contributed by atoms with van der Waals surface area (Å²) in [7, 11) is -16.8. The molecule has 1 fully saturated rings. The lowest BCUT2D eigenvalue weighted by molar-refractivity contribution is -0.137. The topological polar surface area (TPSA) is 292 Å². The Bertz CT molecular complexity index is 1470. The van der Waals surface area contributed by atoms with Gasteiger partial charge in [-0.1, -0.05) is 13.3 Å². The molecule has 1 aliphatic rings. The second kappa shape index (κ2) is 12.7. The number of nitrogens with one attached hydrogen (secondary N) is 1. The van der Waals surface area contributed by atoms with Gasteiger partial charge in [0.25, 0.3) is 5.56 Å². The van der Waals surface area contributed by atoms with Crippen LogP contribution in [-0.4, -0.2) is 70.6 Å². The highest BCUT2D eigenvalue weighted by atomic mass is 31.3. The molecular weight excluding hydrogens is 605 g/mol. The molecule has 2 unspecified atom stereocenters. The molecule has 19 nitrogen and oxygen atoms in total. The lowest BCUT2D eigenvalue weighted by Crippen LogP contribution is -2.26. The van der Waals surface area contributed by atoms with E-state index in [1.807, 2.05) is 6.92 Å². The number of anilines is 1. The third-order valence-corrected chi connectivity index (χ3v) is 9.01. The number of aromatic amines is 1. The molecule has 224 valence electrons. The number of phosphoric acid groups is 3. The van der Waals surface area contributed by atoms with E-state index in [0.29, 0.717) is 6.42 Å². The van der Waals surface area contributed by atoms with E-state index in [1.54, 1.807) is 0 Å². The van der Waals surface area contributed by atoms with Gasteiger partial charge in [0.15, 0.2) is 5.65 Å². The number of unbranched alkanes of at least 4 members (excludes halogenated alkanes) is 1. The van der Waals surface area contributed by atoms with E-state index in [-0.39, 0.29) is 35.6 Å². The number of fused-ring (bicyclic) bond motifs is 1. The number of hydrogen-bond acceptors (Lipinski definition) is 13. The zero-order chi connectivity index (χ0) is 29.9. The van der Waals surface area contributed by atoms with Crippen molar-refractivity contribution in [1.29, 1.82) is 0 Å². The maximum Gasteiger partial charge on any atom is 0.490 e. The number of hydrogen-bond donors (Lipinski definition) is 7. The average Bonchev–Trinajstić information content (AvgIpc) is 3.34. The molecule has 0 amide bonds. The highest BCUT2D eigenvalue weighted by Crippen LogP contribution is 2.66. The van der Waals surface area contributed by atoms with E-state index in [2.05, 4.69) is 23.1 Å². The quantitative estimate of drug-likeness (QED) is 0.0690. The van der Waals surface area contributed by atoms with Gasteiger partial charge < -0.3 is 44.5 Å². The first kappa shape index (κ1) is 32.3. The van der Waals surface area contributed by atoms with Gasteiger partial charge in [0.2, 0.25) is 5.95 Å². The SMILES string of the molecule is CCCCOC(=O)/C=C/c1cn([C@H]2C[C@H](O)[C@@H](COP(=O)(O)OP(=O)(O)OP(=O)(O)O)O2)c2nc(N)[nH]c(=O)c12. The Kier molecular flexibility index (Phi) is 10.3. The van der Waals surface area contributed by atoms with Gasteiger partial charge in [-0.15, -0.1) is 0 Å². The molecule has 0 aliphatic carbocycles. The number of phosphoric ester groups is 1. The van der Waals surface area contributed by atoms with Crippen LogP contribution in [0, 0.1) is 0 Å². The van der Waals surface area contributed by atoms with Crippen LogP contribution in [0.2, 0.25) is 0 Å². The largest absolute Gasteiger partial charge is 0.490 e. The summed E-state index contributed by atoms with van der Waals surface area (Å²) < 4.78 is 58.0. The fourth-order valence-corrected chi connectivity index (χ4v) is 6.61. The Morgan fingerprint density at radius 2 is 1.95 bits per heavy atom. The van der Waals surface area contributed by atoms with Gasteiger partial charge in [-0.3, -0.25) is 14.3 Å². The van der Waals surface area contributed by atoms with Crippen LogP contribution in [0.15, 0.2) is 17.1 Å². The smallest absolute Gasteiger partial charge is 0.463 e. The molecular formula is C18H27N4O15P3. The Morgan fingerprint density at radius 1 is 1.25 bits per heavy atom. The van der Waals surface area contributed by atoms with E-state index >= 15 is 0 Å². The summed E-state index contributed by atoms with van der Waals surface area (Å²) in [5.41, 5.74) is 5.28. The molecule has 0 aromatic carbocycles. The van der Waals surface area contributed by atoms with Crippen molar-refractivity contribution >= 4 is 52.5 Å². The van der Waals surface area contributed by atoms with Crippen molar-refractivity contribution in [3.8, 4) is 0 Å². The number of H-pyrrole nitrogens is 1. The van der Waals surface area contributed by atoms with Crippen LogP contribution in [0.4, 0.5) is 5.95 Å². The number of ether oxygens (including phenoxy) is 2. The van der Waals surface area contributed by atoms with Crippen molar-refractivity contribution in [3.63, 3.8) is 0 Å². The summed E-state index contributed by atoms with van der Waals surface area (Å²) in [4.78, 5) is 67.1. The first-order valence-corrected chi connectivity index (χ1v) is 15.9. The number of esters is 1. The highest BCUT2D eigenvalue weighted by molar-refractivity contribution is 7.66. The predicted octanol–water partition coefficient (Wildman–Crippen LogP) is 0.655. The summed E-state index contributed by atoms with van der Waals surface area (Å²) >= 11 is 0. The number of aliphatic hydroxyl groups is 1. The van der Waals surface area contributed by atoms with E-state index in [1.165, 1.54) is 16.8 Å². The average molecular weight is 632 g/mol. The van der Waals surface area contributed by atoms with Crippen molar-refractivity contribution < 1.29 is 65.8 Å². The number of carbonyl (C=O) groups is 1. The van der Waals surface area contributed by atoms with E-state index < -0.39 is 60.0 Å². The van der Waals surface area contributed by atoms with Crippen molar-refractivity contribution in [1.82, 2.24) is 14.5 Å². The lowest BCUT2D eigenvalue weighted by atomic mass is 10.2.